The lowest BCUT2D eigenvalue weighted by Gasteiger charge is -2.30. The first-order valence-corrected chi connectivity index (χ1v) is 8.83. The first kappa shape index (κ1) is 14.9. The molecule has 1 saturated carbocycles. The molecule has 0 amide bonds. The van der Waals surface area contributed by atoms with Gasteiger partial charge >= 0.3 is 0 Å². The van der Waals surface area contributed by atoms with Crippen molar-refractivity contribution in [2.45, 2.75) is 62.9 Å². The van der Waals surface area contributed by atoms with E-state index in [1.807, 2.05) is 0 Å². The zero-order valence-electron chi connectivity index (χ0n) is 12.5. The van der Waals surface area contributed by atoms with E-state index in [2.05, 4.69) is 49.7 Å². The summed E-state index contributed by atoms with van der Waals surface area (Å²) >= 11 is 1.81. The molecule has 1 unspecified atom stereocenters. The lowest BCUT2D eigenvalue weighted by atomic mass is 9.84. The molecule has 0 aromatic heterocycles. The van der Waals surface area contributed by atoms with Gasteiger partial charge in [-0.25, -0.2) is 0 Å². The van der Waals surface area contributed by atoms with E-state index >= 15 is 0 Å². The summed E-state index contributed by atoms with van der Waals surface area (Å²) in [6.45, 7) is 4.65. The van der Waals surface area contributed by atoms with Crippen LogP contribution in [0.1, 0.15) is 57.6 Å². The Hall–Kier alpha value is -0.470. The Balaban J connectivity index is 1.89. The van der Waals surface area contributed by atoms with Crippen molar-refractivity contribution in [3.05, 3.63) is 29.8 Å². The van der Waals surface area contributed by atoms with E-state index in [1.54, 1.807) is 11.8 Å². The van der Waals surface area contributed by atoms with Gasteiger partial charge in [-0.15, -0.1) is 11.8 Å². The molecular weight excluding hydrogens is 250 g/mol. The van der Waals surface area contributed by atoms with Crippen molar-refractivity contribution < 1.29 is 0 Å². The van der Waals surface area contributed by atoms with Crippen molar-refractivity contribution in [2.75, 3.05) is 6.26 Å². The van der Waals surface area contributed by atoms with Gasteiger partial charge in [0.1, 0.15) is 0 Å². The summed E-state index contributed by atoms with van der Waals surface area (Å²) in [5, 5.41) is 3.80. The molecule has 1 aromatic rings. The Bertz CT molecular complexity index is 367. The number of nitrogens with one attached hydrogen (secondary N) is 1. The molecular formula is C17H27NS. The van der Waals surface area contributed by atoms with Crippen LogP contribution in [0.3, 0.4) is 0 Å². The second kappa shape index (κ2) is 7.35. The molecule has 2 rings (SSSR count). The van der Waals surface area contributed by atoms with E-state index in [1.165, 1.54) is 42.6 Å². The third-order valence-corrected chi connectivity index (χ3v) is 5.23. The van der Waals surface area contributed by atoms with Gasteiger partial charge in [-0.1, -0.05) is 31.4 Å². The zero-order chi connectivity index (χ0) is 13.7. The molecule has 106 valence electrons. The second-order valence-electron chi connectivity index (χ2n) is 5.85. The topological polar surface area (TPSA) is 12.0 Å². The van der Waals surface area contributed by atoms with Crippen LogP contribution in [0.25, 0.3) is 0 Å². The van der Waals surface area contributed by atoms with Crippen molar-refractivity contribution in [1.29, 1.82) is 0 Å². The van der Waals surface area contributed by atoms with Crippen LogP contribution in [0, 0.1) is 5.92 Å². The maximum absolute atomic E-state index is 3.80. The van der Waals surface area contributed by atoms with E-state index < -0.39 is 0 Å². The summed E-state index contributed by atoms with van der Waals surface area (Å²) in [5.41, 5.74) is 1.40. The minimum atomic E-state index is 0.452. The van der Waals surface area contributed by atoms with E-state index in [-0.39, 0.29) is 0 Å². The van der Waals surface area contributed by atoms with Crippen LogP contribution in [-0.4, -0.2) is 12.3 Å². The van der Waals surface area contributed by atoms with Gasteiger partial charge in [0, 0.05) is 17.0 Å². The van der Waals surface area contributed by atoms with Gasteiger partial charge in [0.25, 0.3) is 0 Å². The summed E-state index contributed by atoms with van der Waals surface area (Å²) in [6, 6.07) is 10.1. The van der Waals surface area contributed by atoms with E-state index in [0.29, 0.717) is 12.1 Å². The molecule has 0 saturated heterocycles. The molecule has 1 aliphatic carbocycles. The van der Waals surface area contributed by atoms with Gasteiger partial charge in [0.05, 0.1) is 0 Å². The van der Waals surface area contributed by atoms with Crippen molar-refractivity contribution in [1.82, 2.24) is 5.32 Å². The largest absolute Gasteiger partial charge is 0.307 e. The highest BCUT2D eigenvalue weighted by Gasteiger charge is 2.21. The van der Waals surface area contributed by atoms with Crippen LogP contribution >= 0.6 is 11.8 Å². The Morgan fingerprint density at radius 3 is 2.26 bits per heavy atom. The molecule has 1 fully saturated rings. The summed E-state index contributed by atoms with van der Waals surface area (Å²) in [5.74, 6) is 0.877. The van der Waals surface area contributed by atoms with Crippen molar-refractivity contribution in [2.24, 2.45) is 5.92 Å². The Kier molecular flexibility index (Phi) is 5.77. The minimum Gasteiger partial charge on any atom is -0.307 e. The highest BCUT2D eigenvalue weighted by atomic mass is 32.2. The van der Waals surface area contributed by atoms with Crippen LogP contribution in [-0.2, 0) is 0 Å². The van der Waals surface area contributed by atoms with Crippen molar-refractivity contribution >= 4 is 11.8 Å². The average Bonchev–Trinajstić information content (AvgIpc) is 2.48. The standard InChI is InChI=1S/C17H27NS/c1-13(15-7-5-4-6-8-15)18-14(2)16-9-11-17(19-3)12-10-16/h9-15,18H,4-8H2,1-3H3/t13-,14?/m0/s1. The number of benzene rings is 1. The van der Waals surface area contributed by atoms with Crippen LogP contribution in [0.15, 0.2) is 29.2 Å². The number of hydrogen-bond acceptors (Lipinski definition) is 2. The molecule has 0 bridgehead atoms. The first-order valence-electron chi connectivity index (χ1n) is 7.60. The summed E-state index contributed by atoms with van der Waals surface area (Å²) in [6.07, 6.45) is 9.23. The smallest absolute Gasteiger partial charge is 0.0294 e. The lowest BCUT2D eigenvalue weighted by molar-refractivity contribution is 0.268. The maximum Gasteiger partial charge on any atom is 0.0294 e. The molecule has 1 aliphatic rings. The highest BCUT2D eigenvalue weighted by Crippen LogP contribution is 2.28. The van der Waals surface area contributed by atoms with Crippen LogP contribution in [0.2, 0.25) is 0 Å². The Morgan fingerprint density at radius 1 is 1.05 bits per heavy atom. The van der Waals surface area contributed by atoms with Gasteiger partial charge in [0.15, 0.2) is 0 Å². The fourth-order valence-corrected chi connectivity index (χ4v) is 3.56. The molecule has 0 aliphatic heterocycles. The van der Waals surface area contributed by atoms with Crippen molar-refractivity contribution in [3.8, 4) is 0 Å². The van der Waals surface area contributed by atoms with Gasteiger partial charge in [-0.2, -0.15) is 0 Å². The summed E-state index contributed by atoms with van der Waals surface area (Å²) < 4.78 is 0. The van der Waals surface area contributed by atoms with E-state index in [0.717, 1.165) is 5.92 Å². The molecule has 2 atom stereocenters. The zero-order valence-corrected chi connectivity index (χ0v) is 13.3. The molecule has 0 radical (unpaired) electrons. The van der Waals surface area contributed by atoms with Gasteiger partial charge in [0.2, 0.25) is 0 Å². The average molecular weight is 277 g/mol. The highest BCUT2D eigenvalue weighted by molar-refractivity contribution is 7.98. The monoisotopic (exact) mass is 277 g/mol. The normalized spacial score (nSPS) is 20.2. The molecule has 2 heteroatoms. The Morgan fingerprint density at radius 2 is 1.68 bits per heavy atom. The molecule has 0 heterocycles. The second-order valence-corrected chi connectivity index (χ2v) is 6.73. The first-order chi connectivity index (χ1) is 9.20. The van der Waals surface area contributed by atoms with E-state index in [9.17, 15) is 0 Å². The third-order valence-electron chi connectivity index (χ3n) is 4.49. The van der Waals surface area contributed by atoms with Crippen LogP contribution < -0.4 is 5.32 Å². The number of hydrogen-bond donors (Lipinski definition) is 1. The van der Waals surface area contributed by atoms with Gasteiger partial charge in [-0.05, 0) is 56.6 Å². The van der Waals surface area contributed by atoms with Gasteiger partial charge in [-0.3, -0.25) is 0 Å². The van der Waals surface area contributed by atoms with Gasteiger partial charge < -0.3 is 5.32 Å². The predicted molar refractivity (Wildman–Crippen MR) is 85.8 cm³/mol. The number of thioether (sulfide) groups is 1. The molecule has 0 spiro atoms. The molecule has 1 N–H and O–H groups in total. The number of rotatable bonds is 5. The van der Waals surface area contributed by atoms with E-state index in [4.69, 9.17) is 0 Å². The third kappa shape index (κ3) is 4.25. The maximum atomic E-state index is 3.80. The lowest BCUT2D eigenvalue weighted by Crippen LogP contribution is -2.36. The van der Waals surface area contributed by atoms with Crippen LogP contribution in [0.4, 0.5) is 0 Å². The fourth-order valence-electron chi connectivity index (χ4n) is 3.15. The fraction of sp³-hybridized carbons (Fsp3) is 0.647. The molecule has 19 heavy (non-hydrogen) atoms. The quantitative estimate of drug-likeness (QED) is 0.758. The van der Waals surface area contributed by atoms with Crippen molar-refractivity contribution in [3.63, 3.8) is 0 Å². The molecule has 1 aromatic carbocycles. The predicted octanol–water partition coefficient (Wildman–Crippen LogP) is 5.03. The SMILES string of the molecule is CSc1ccc(C(C)N[C@@H](C)C2CCCCC2)cc1. The summed E-state index contributed by atoms with van der Waals surface area (Å²) in [4.78, 5) is 1.34. The molecule has 1 nitrogen and oxygen atoms in total. The Labute approximate surface area is 122 Å². The van der Waals surface area contributed by atoms with Crippen LogP contribution in [0.5, 0.6) is 0 Å². The summed E-state index contributed by atoms with van der Waals surface area (Å²) in [7, 11) is 0. The minimum absolute atomic E-state index is 0.452.